The second-order valence-corrected chi connectivity index (χ2v) is 7.30. The molecule has 1 aromatic rings. The van der Waals surface area contributed by atoms with Crippen LogP contribution in [0.3, 0.4) is 0 Å². The summed E-state index contributed by atoms with van der Waals surface area (Å²) in [7, 11) is 0. The van der Waals surface area contributed by atoms with E-state index in [0.29, 0.717) is 0 Å². The summed E-state index contributed by atoms with van der Waals surface area (Å²) in [5.74, 6) is 1.30. The van der Waals surface area contributed by atoms with E-state index in [1.54, 1.807) is 11.8 Å². The number of rotatable bonds is 2. The van der Waals surface area contributed by atoms with E-state index in [0.717, 1.165) is 37.1 Å². The predicted molar refractivity (Wildman–Crippen MR) is 80.2 cm³/mol. The van der Waals surface area contributed by atoms with Gasteiger partial charge < -0.3 is 11.1 Å². The number of fused-ring (bicyclic) bond motifs is 1. The number of nitrogens with one attached hydrogen (secondary N) is 1. The number of amides is 1. The molecule has 19 heavy (non-hydrogen) atoms. The number of carbonyl (C=O) groups is 1. The van der Waals surface area contributed by atoms with Crippen LogP contribution in [-0.4, -0.2) is 16.4 Å². The number of nitrogens with two attached hydrogens (primary N) is 1. The summed E-state index contributed by atoms with van der Waals surface area (Å²) in [6.45, 7) is 2.07. The molecule has 0 radical (unpaired) electrons. The fourth-order valence-electron chi connectivity index (χ4n) is 3.06. The molecule has 3 nitrogen and oxygen atoms in total. The molecule has 1 saturated heterocycles. The van der Waals surface area contributed by atoms with Crippen molar-refractivity contribution < 1.29 is 4.79 Å². The van der Waals surface area contributed by atoms with E-state index in [1.165, 1.54) is 11.1 Å². The Labute approximate surface area is 118 Å². The smallest absolute Gasteiger partial charge is 0.236 e. The summed E-state index contributed by atoms with van der Waals surface area (Å²) in [5.41, 5.74) is 9.15. The van der Waals surface area contributed by atoms with Crippen LogP contribution in [0.2, 0.25) is 0 Å². The fourth-order valence-corrected chi connectivity index (χ4v) is 4.27. The van der Waals surface area contributed by atoms with Gasteiger partial charge in [0.1, 0.15) is 0 Å². The number of aryl methyl sites for hydroxylation is 1. The standard InChI is InChI=1S/C15H20N2OS/c1-15(7-2-8-19-15)14(18)17-13-6-3-10-9-11(16)4-5-12(10)13/h4-5,9,13H,2-3,6-8,16H2,1H3,(H,17,18). The highest BCUT2D eigenvalue weighted by Crippen LogP contribution is 2.39. The Bertz CT molecular complexity index is 509. The van der Waals surface area contributed by atoms with E-state index >= 15 is 0 Å². The Morgan fingerprint density at radius 3 is 3.11 bits per heavy atom. The summed E-state index contributed by atoms with van der Waals surface area (Å²) >= 11 is 1.79. The van der Waals surface area contributed by atoms with Gasteiger partial charge in [-0.15, -0.1) is 11.8 Å². The van der Waals surface area contributed by atoms with Crippen molar-refractivity contribution in [1.82, 2.24) is 5.32 Å². The Balaban J connectivity index is 1.74. The van der Waals surface area contributed by atoms with Gasteiger partial charge >= 0.3 is 0 Å². The number of hydrogen-bond donors (Lipinski definition) is 2. The number of benzene rings is 1. The molecular formula is C15H20N2OS. The van der Waals surface area contributed by atoms with Gasteiger partial charge in [0.05, 0.1) is 10.8 Å². The van der Waals surface area contributed by atoms with Crippen molar-refractivity contribution in [2.45, 2.75) is 43.4 Å². The molecule has 2 unspecified atom stereocenters. The van der Waals surface area contributed by atoms with Crippen LogP contribution in [0.5, 0.6) is 0 Å². The lowest BCUT2D eigenvalue weighted by atomic mass is 10.0. The summed E-state index contributed by atoms with van der Waals surface area (Å²) in [5, 5.41) is 3.24. The van der Waals surface area contributed by atoms with E-state index in [4.69, 9.17) is 5.73 Å². The lowest BCUT2D eigenvalue weighted by Gasteiger charge is -2.24. The second-order valence-electron chi connectivity index (χ2n) is 5.71. The van der Waals surface area contributed by atoms with E-state index in [1.807, 2.05) is 12.1 Å². The van der Waals surface area contributed by atoms with Gasteiger partial charge in [-0.3, -0.25) is 4.79 Å². The number of anilines is 1. The van der Waals surface area contributed by atoms with Crippen LogP contribution >= 0.6 is 11.8 Å². The van der Waals surface area contributed by atoms with Gasteiger partial charge in [-0.25, -0.2) is 0 Å². The molecule has 2 atom stereocenters. The molecule has 1 fully saturated rings. The lowest BCUT2D eigenvalue weighted by Crippen LogP contribution is -2.41. The molecule has 1 aromatic carbocycles. The first-order valence-electron chi connectivity index (χ1n) is 6.92. The van der Waals surface area contributed by atoms with Gasteiger partial charge in [-0.05, 0) is 61.6 Å². The minimum absolute atomic E-state index is 0.168. The van der Waals surface area contributed by atoms with Crippen molar-refractivity contribution in [2.24, 2.45) is 0 Å². The van der Waals surface area contributed by atoms with Crippen LogP contribution in [0, 0.1) is 0 Å². The van der Waals surface area contributed by atoms with E-state index in [-0.39, 0.29) is 16.7 Å². The van der Waals surface area contributed by atoms with Crippen molar-refractivity contribution >= 4 is 23.4 Å². The molecule has 2 aliphatic rings. The lowest BCUT2D eigenvalue weighted by molar-refractivity contribution is -0.123. The third-order valence-electron chi connectivity index (χ3n) is 4.25. The largest absolute Gasteiger partial charge is 0.399 e. The number of hydrogen-bond acceptors (Lipinski definition) is 3. The van der Waals surface area contributed by atoms with E-state index < -0.39 is 0 Å². The van der Waals surface area contributed by atoms with E-state index in [9.17, 15) is 4.79 Å². The number of carbonyl (C=O) groups excluding carboxylic acids is 1. The van der Waals surface area contributed by atoms with Crippen LogP contribution < -0.4 is 11.1 Å². The van der Waals surface area contributed by atoms with Crippen molar-refractivity contribution in [2.75, 3.05) is 11.5 Å². The Hall–Kier alpha value is -1.16. The van der Waals surface area contributed by atoms with E-state index in [2.05, 4.69) is 18.3 Å². The average molecular weight is 276 g/mol. The maximum absolute atomic E-state index is 12.4. The molecular weight excluding hydrogens is 256 g/mol. The molecule has 1 amide bonds. The number of nitrogen functional groups attached to an aromatic ring is 1. The van der Waals surface area contributed by atoms with Crippen LogP contribution in [0.15, 0.2) is 18.2 Å². The zero-order valence-electron chi connectivity index (χ0n) is 11.2. The minimum atomic E-state index is -0.226. The SMILES string of the molecule is CC1(C(=O)NC2CCc3cc(N)ccc32)CCCS1. The Kier molecular flexibility index (Phi) is 3.21. The first-order chi connectivity index (χ1) is 9.08. The summed E-state index contributed by atoms with van der Waals surface area (Å²) < 4.78 is -0.226. The first-order valence-corrected chi connectivity index (χ1v) is 7.90. The fraction of sp³-hybridized carbons (Fsp3) is 0.533. The van der Waals surface area contributed by atoms with Crippen molar-refractivity contribution in [3.05, 3.63) is 29.3 Å². The quantitative estimate of drug-likeness (QED) is 0.817. The Morgan fingerprint density at radius 1 is 1.53 bits per heavy atom. The van der Waals surface area contributed by atoms with Crippen LogP contribution in [0.4, 0.5) is 5.69 Å². The molecule has 3 rings (SSSR count). The third kappa shape index (κ3) is 2.34. The highest BCUT2D eigenvalue weighted by atomic mass is 32.2. The minimum Gasteiger partial charge on any atom is -0.399 e. The van der Waals surface area contributed by atoms with Gasteiger partial charge in [0.25, 0.3) is 0 Å². The van der Waals surface area contributed by atoms with Gasteiger partial charge in [0.2, 0.25) is 5.91 Å². The Morgan fingerprint density at radius 2 is 2.37 bits per heavy atom. The average Bonchev–Trinajstić information content (AvgIpc) is 2.97. The van der Waals surface area contributed by atoms with Gasteiger partial charge in [-0.2, -0.15) is 0 Å². The molecule has 3 N–H and O–H groups in total. The molecule has 0 bridgehead atoms. The molecule has 4 heteroatoms. The highest BCUT2D eigenvalue weighted by Gasteiger charge is 2.38. The summed E-state index contributed by atoms with van der Waals surface area (Å²) in [4.78, 5) is 12.4. The third-order valence-corrected chi connectivity index (χ3v) is 5.77. The maximum Gasteiger partial charge on any atom is 0.236 e. The van der Waals surface area contributed by atoms with Crippen LogP contribution in [-0.2, 0) is 11.2 Å². The molecule has 1 heterocycles. The second kappa shape index (κ2) is 4.75. The maximum atomic E-state index is 12.4. The topological polar surface area (TPSA) is 55.1 Å². The first kappa shape index (κ1) is 12.9. The molecule has 0 aromatic heterocycles. The van der Waals surface area contributed by atoms with Crippen molar-refractivity contribution in [3.63, 3.8) is 0 Å². The molecule has 1 aliphatic heterocycles. The normalized spacial score (nSPS) is 29.2. The summed E-state index contributed by atoms with van der Waals surface area (Å²) in [6, 6.07) is 6.19. The van der Waals surface area contributed by atoms with Gasteiger partial charge in [0.15, 0.2) is 0 Å². The molecule has 0 spiro atoms. The predicted octanol–water partition coefficient (Wildman–Crippen LogP) is 2.66. The highest BCUT2D eigenvalue weighted by molar-refractivity contribution is 8.01. The van der Waals surface area contributed by atoms with Crippen molar-refractivity contribution in [1.29, 1.82) is 0 Å². The van der Waals surface area contributed by atoms with Gasteiger partial charge in [0, 0.05) is 5.69 Å². The molecule has 102 valence electrons. The van der Waals surface area contributed by atoms with Crippen molar-refractivity contribution in [3.8, 4) is 0 Å². The van der Waals surface area contributed by atoms with Gasteiger partial charge in [-0.1, -0.05) is 6.07 Å². The summed E-state index contributed by atoms with van der Waals surface area (Å²) in [6.07, 6.45) is 4.14. The zero-order valence-corrected chi connectivity index (χ0v) is 12.1. The molecule has 0 saturated carbocycles. The molecule has 1 aliphatic carbocycles. The van der Waals surface area contributed by atoms with Crippen LogP contribution in [0.25, 0.3) is 0 Å². The van der Waals surface area contributed by atoms with Crippen LogP contribution in [0.1, 0.15) is 43.4 Å². The monoisotopic (exact) mass is 276 g/mol. The zero-order chi connectivity index (χ0) is 13.5. The number of thioether (sulfide) groups is 1.